The van der Waals surface area contributed by atoms with Crippen LogP contribution in [0, 0.1) is 0 Å². The molecular formula is C17H25NO2. The third-order valence-corrected chi connectivity index (χ3v) is 4.37. The van der Waals surface area contributed by atoms with Crippen LogP contribution in [0.2, 0.25) is 0 Å². The molecule has 1 aromatic carbocycles. The van der Waals surface area contributed by atoms with E-state index in [1.54, 1.807) is 0 Å². The Morgan fingerprint density at radius 2 is 1.75 bits per heavy atom. The van der Waals surface area contributed by atoms with E-state index in [4.69, 9.17) is 9.47 Å². The molecule has 2 aliphatic rings. The molecule has 1 unspecified atom stereocenters. The van der Waals surface area contributed by atoms with E-state index in [0.717, 1.165) is 25.9 Å². The standard InChI is InChI=1S/C17H25NO2/c1-16(2,3)14-6-4-13(5-7-14)15-12-19-17(20-15)8-10-18-11-9-17/h4-7,15,18H,8-12H2,1-3H3. The molecular weight excluding hydrogens is 250 g/mol. The second-order valence-electron chi connectivity index (χ2n) is 6.95. The first kappa shape index (κ1) is 14.1. The number of nitrogens with one attached hydrogen (secondary N) is 1. The fourth-order valence-corrected chi connectivity index (χ4v) is 2.99. The van der Waals surface area contributed by atoms with Crippen LogP contribution < -0.4 is 5.32 Å². The minimum absolute atomic E-state index is 0.0853. The zero-order chi connectivity index (χ0) is 14.2. The van der Waals surface area contributed by atoms with Gasteiger partial charge in [-0.3, -0.25) is 0 Å². The van der Waals surface area contributed by atoms with Crippen LogP contribution in [0.3, 0.4) is 0 Å². The normalized spacial score (nSPS) is 26.1. The van der Waals surface area contributed by atoms with E-state index < -0.39 is 0 Å². The van der Waals surface area contributed by atoms with Crippen LogP contribution in [0.4, 0.5) is 0 Å². The largest absolute Gasteiger partial charge is 0.347 e. The van der Waals surface area contributed by atoms with Gasteiger partial charge in [0.1, 0.15) is 6.10 Å². The lowest BCUT2D eigenvalue weighted by atomic mass is 9.86. The van der Waals surface area contributed by atoms with E-state index in [2.05, 4.69) is 50.4 Å². The summed E-state index contributed by atoms with van der Waals surface area (Å²) in [6.07, 6.45) is 1.98. The Morgan fingerprint density at radius 3 is 2.35 bits per heavy atom. The van der Waals surface area contributed by atoms with E-state index in [0.29, 0.717) is 6.61 Å². The third kappa shape index (κ3) is 2.76. The molecule has 0 saturated carbocycles. The van der Waals surface area contributed by atoms with Crippen molar-refractivity contribution in [3.63, 3.8) is 0 Å². The molecule has 1 spiro atoms. The van der Waals surface area contributed by atoms with Crippen LogP contribution in [0.15, 0.2) is 24.3 Å². The van der Waals surface area contributed by atoms with Crippen LogP contribution in [0.25, 0.3) is 0 Å². The first-order valence-corrected chi connectivity index (χ1v) is 7.62. The molecule has 2 fully saturated rings. The molecule has 0 aliphatic carbocycles. The van der Waals surface area contributed by atoms with Gasteiger partial charge in [0.15, 0.2) is 5.79 Å². The molecule has 1 N–H and O–H groups in total. The molecule has 0 amide bonds. The smallest absolute Gasteiger partial charge is 0.171 e. The number of benzene rings is 1. The lowest BCUT2D eigenvalue weighted by molar-refractivity contribution is -0.183. The Bertz CT molecular complexity index is 455. The SMILES string of the molecule is CC(C)(C)c1ccc(C2COC3(CCNCC3)O2)cc1. The second kappa shape index (κ2) is 5.14. The molecule has 1 aromatic rings. The zero-order valence-electron chi connectivity index (χ0n) is 12.7. The minimum atomic E-state index is -0.335. The number of hydrogen-bond acceptors (Lipinski definition) is 3. The van der Waals surface area contributed by atoms with E-state index in [-0.39, 0.29) is 17.3 Å². The molecule has 0 radical (unpaired) electrons. The van der Waals surface area contributed by atoms with Gasteiger partial charge in [0.05, 0.1) is 6.61 Å². The van der Waals surface area contributed by atoms with Gasteiger partial charge in [-0.05, 0) is 16.5 Å². The topological polar surface area (TPSA) is 30.5 Å². The Morgan fingerprint density at radius 1 is 1.10 bits per heavy atom. The maximum atomic E-state index is 6.24. The summed E-state index contributed by atoms with van der Waals surface area (Å²) < 4.78 is 12.2. The summed E-state index contributed by atoms with van der Waals surface area (Å²) in [5.41, 5.74) is 2.78. The second-order valence-corrected chi connectivity index (χ2v) is 6.95. The summed E-state index contributed by atoms with van der Waals surface area (Å²) in [5, 5.41) is 3.35. The highest BCUT2D eigenvalue weighted by molar-refractivity contribution is 5.29. The van der Waals surface area contributed by atoms with Crippen LogP contribution in [-0.4, -0.2) is 25.5 Å². The lowest BCUT2D eigenvalue weighted by Gasteiger charge is -2.32. The van der Waals surface area contributed by atoms with Gasteiger partial charge in [-0.2, -0.15) is 0 Å². The summed E-state index contributed by atoms with van der Waals surface area (Å²) >= 11 is 0. The van der Waals surface area contributed by atoms with Gasteiger partial charge in [0, 0.05) is 25.9 Å². The summed E-state index contributed by atoms with van der Waals surface area (Å²) in [6.45, 7) is 9.35. The van der Waals surface area contributed by atoms with Crippen molar-refractivity contribution in [1.29, 1.82) is 0 Å². The average Bonchev–Trinajstić information content (AvgIpc) is 2.83. The zero-order valence-corrected chi connectivity index (χ0v) is 12.7. The molecule has 3 heteroatoms. The molecule has 0 bridgehead atoms. The maximum absolute atomic E-state index is 6.24. The van der Waals surface area contributed by atoms with Gasteiger partial charge < -0.3 is 14.8 Å². The fourth-order valence-electron chi connectivity index (χ4n) is 2.99. The predicted octanol–water partition coefficient (Wildman–Crippen LogP) is 3.15. The summed E-state index contributed by atoms with van der Waals surface area (Å²) in [4.78, 5) is 0. The molecule has 110 valence electrons. The van der Waals surface area contributed by atoms with Crippen molar-refractivity contribution in [3.8, 4) is 0 Å². The minimum Gasteiger partial charge on any atom is -0.347 e. The Labute approximate surface area is 121 Å². The van der Waals surface area contributed by atoms with Crippen molar-refractivity contribution in [2.45, 2.75) is 50.9 Å². The van der Waals surface area contributed by atoms with E-state index in [1.807, 2.05) is 0 Å². The van der Waals surface area contributed by atoms with Gasteiger partial charge >= 0.3 is 0 Å². The van der Waals surface area contributed by atoms with Crippen molar-refractivity contribution in [2.24, 2.45) is 0 Å². The molecule has 1 atom stereocenters. The van der Waals surface area contributed by atoms with Crippen LogP contribution in [-0.2, 0) is 14.9 Å². The molecule has 2 aliphatic heterocycles. The molecule has 2 heterocycles. The maximum Gasteiger partial charge on any atom is 0.171 e. The van der Waals surface area contributed by atoms with Gasteiger partial charge in [-0.25, -0.2) is 0 Å². The van der Waals surface area contributed by atoms with Crippen LogP contribution in [0.5, 0.6) is 0 Å². The van der Waals surface area contributed by atoms with Crippen LogP contribution in [0.1, 0.15) is 50.8 Å². The van der Waals surface area contributed by atoms with Gasteiger partial charge in [0.2, 0.25) is 0 Å². The van der Waals surface area contributed by atoms with E-state index in [1.165, 1.54) is 11.1 Å². The number of rotatable bonds is 1. The highest BCUT2D eigenvalue weighted by Crippen LogP contribution is 2.39. The van der Waals surface area contributed by atoms with Gasteiger partial charge in [0.25, 0.3) is 0 Å². The highest BCUT2D eigenvalue weighted by atomic mass is 16.7. The molecule has 3 rings (SSSR count). The third-order valence-electron chi connectivity index (χ3n) is 4.37. The average molecular weight is 275 g/mol. The van der Waals surface area contributed by atoms with Gasteiger partial charge in [-0.15, -0.1) is 0 Å². The van der Waals surface area contributed by atoms with Crippen molar-refractivity contribution in [3.05, 3.63) is 35.4 Å². The Hall–Kier alpha value is -0.900. The first-order valence-electron chi connectivity index (χ1n) is 7.62. The van der Waals surface area contributed by atoms with Gasteiger partial charge in [-0.1, -0.05) is 45.0 Å². The van der Waals surface area contributed by atoms with Crippen LogP contribution >= 0.6 is 0 Å². The monoisotopic (exact) mass is 275 g/mol. The Balaban J connectivity index is 1.71. The molecule has 2 saturated heterocycles. The van der Waals surface area contributed by atoms with Crippen molar-refractivity contribution in [2.75, 3.05) is 19.7 Å². The predicted molar refractivity (Wildman–Crippen MR) is 79.8 cm³/mol. The molecule has 0 aromatic heterocycles. The number of hydrogen-bond donors (Lipinski definition) is 1. The first-order chi connectivity index (χ1) is 9.49. The summed E-state index contributed by atoms with van der Waals surface area (Å²) in [7, 11) is 0. The fraction of sp³-hybridized carbons (Fsp3) is 0.647. The highest BCUT2D eigenvalue weighted by Gasteiger charge is 2.42. The quantitative estimate of drug-likeness (QED) is 0.854. The van der Waals surface area contributed by atoms with E-state index in [9.17, 15) is 0 Å². The van der Waals surface area contributed by atoms with E-state index >= 15 is 0 Å². The molecule has 20 heavy (non-hydrogen) atoms. The Kier molecular flexibility index (Phi) is 3.61. The van der Waals surface area contributed by atoms with Crippen molar-refractivity contribution < 1.29 is 9.47 Å². The molecule has 3 nitrogen and oxygen atoms in total. The summed E-state index contributed by atoms with van der Waals surface area (Å²) in [5.74, 6) is -0.335. The van der Waals surface area contributed by atoms with Crippen molar-refractivity contribution >= 4 is 0 Å². The number of piperidine rings is 1. The van der Waals surface area contributed by atoms with Crippen molar-refractivity contribution in [1.82, 2.24) is 5.32 Å². The lowest BCUT2D eigenvalue weighted by Crippen LogP contribution is -2.42. The summed E-state index contributed by atoms with van der Waals surface area (Å²) in [6, 6.07) is 8.81. The number of ether oxygens (including phenoxy) is 2.